The Morgan fingerprint density at radius 2 is 1.68 bits per heavy atom. The van der Waals surface area contributed by atoms with Crippen LogP contribution in [0, 0.1) is 0 Å². The number of hydrogen-bond donors (Lipinski definition) is 0. The second kappa shape index (κ2) is 7.11. The van der Waals surface area contributed by atoms with E-state index in [4.69, 9.17) is 0 Å². The predicted molar refractivity (Wildman–Crippen MR) is 107 cm³/mol. The van der Waals surface area contributed by atoms with Crippen molar-refractivity contribution in [1.29, 1.82) is 0 Å². The van der Waals surface area contributed by atoms with Gasteiger partial charge in [-0.25, -0.2) is 0 Å². The molecule has 2 aliphatic heterocycles. The molecule has 0 aliphatic carbocycles. The van der Waals surface area contributed by atoms with Gasteiger partial charge in [-0.15, -0.1) is 0 Å². The largest absolute Gasteiger partial charge is 0.371 e. The molecule has 0 N–H and O–H groups in total. The summed E-state index contributed by atoms with van der Waals surface area (Å²) in [6.45, 7) is 2.57. The Morgan fingerprint density at radius 1 is 1.00 bits per heavy atom. The zero-order chi connectivity index (χ0) is 19.8. The SMILES string of the molecule is CN(Cc1ccccc1N1CCCC1)C(=O)c1ccc2c(c1)C(=O)N(C)C2=O. The van der Waals surface area contributed by atoms with Crippen LogP contribution in [-0.2, 0) is 6.54 Å². The number of rotatable bonds is 4. The molecule has 144 valence electrons. The van der Waals surface area contributed by atoms with Crippen molar-refractivity contribution in [2.75, 3.05) is 32.1 Å². The number of amides is 3. The number of benzene rings is 2. The fourth-order valence-electron chi connectivity index (χ4n) is 3.95. The highest BCUT2D eigenvalue weighted by atomic mass is 16.2. The van der Waals surface area contributed by atoms with Crippen LogP contribution in [0.15, 0.2) is 42.5 Å². The van der Waals surface area contributed by atoms with Gasteiger partial charge in [-0.1, -0.05) is 18.2 Å². The van der Waals surface area contributed by atoms with Crippen LogP contribution in [-0.4, -0.2) is 54.7 Å². The first-order chi connectivity index (χ1) is 13.5. The van der Waals surface area contributed by atoms with Crippen LogP contribution >= 0.6 is 0 Å². The molecule has 1 saturated heterocycles. The lowest BCUT2D eigenvalue weighted by molar-refractivity contribution is 0.0692. The molecule has 6 nitrogen and oxygen atoms in total. The average molecular weight is 377 g/mol. The molecule has 2 aliphatic rings. The minimum atomic E-state index is -0.364. The van der Waals surface area contributed by atoms with Gasteiger partial charge >= 0.3 is 0 Å². The molecule has 2 aromatic carbocycles. The predicted octanol–water partition coefficient (Wildman–Crippen LogP) is 2.78. The quantitative estimate of drug-likeness (QED) is 0.769. The van der Waals surface area contributed by atoms with E-state index in [0.717, 1.165) is 23.6 Å². The summed E-state index contributed by atoms with van der Waals surface area (Å²) < 4.78 is 0. The van der Waals surface area contributed by atoms with Crippen molar-refractivity contribution in [2.45, 2.75) is 19.4 Å². The summed E-state index contributed by atoms with van der Waals surface area (Å²) in [4.78, 5) is 42.3. The topological polar surface area (TPSA) is 60.9 Å². The summed E-state index contributed by atoms with van der Waals surface area (Å²) in [7, 11) is 3.21. The molecular formula is C22H23N3O3. The fraction of sp³-hybridized carbons (Fsp3) is 0.318. The van der Waals surface area contributed by atoms with Crippen LogP contribution < -0.4 is 4.90 Å². The van der Waals surface area contributed by atoms with Crippen molar-refractivity contribution in [3.8, 4) is 0 Å². The molecule has 0 unspecified atom stereocenters. The summed E-state index contributed by atoms with van der Waals surface area (Å²) in [5, 5.41) is 0. The molecule has 1 fully saturated rings. The second-order valence-corrected chi connectivity index (χ2v) is 7.41. The van der Waals surface area contributed by atoms with Crippen LogP contribution in [0.3, 0.4) is 0 Å². The smallest absolute Gasteiger partial charge is 0.261 e. The van der Waals surface area contributed by atoms with Crippen molar-refractivity contribution >= 4 is 23.4 Å². The van der Waals surface area contributed by atoms with Gasteiger partial charge in [-0.2, -0.15) is 0 Å². The highest BCUT2D eigenvalue weighted by Gasteiger charge is 2.33. The number of fused-ring (bicyclic) bond motifs is 1. The lowest BCUT2D eigenvalue weighted by atomic mass is 10.0. The van der Waals surface area contributed by atoms with Gasteiger partial charge < -0.3 is 9.80 Å². The van der Waals surface area contributed by atoms with E-state index < -0.39 is 0 Å². The van der Waals surface area contributed by atoms with Crippen molar-refractivity contribution in [2.24, 2.45) is 0 Å². The molecule has 4 rings (SSSR count). The van der Waals surface area contributed by atoms with E-state index in [9.17, 15) is 14.4 Å². The van der Waals surface area contributed by atoms with Crippen molar-refractivity contribution in [3.63, 3.8) is 0 Å². The molecule has 28 heavy (non-hydrogen) atoms. The first kappa shape index (κ1) is 18.2. The third-order valence-electron chi connectivity index (χ3n) is 5.53. The number of hydrogen-bond acceptors (Lipinski definition) is 4. The molecule has 3 amide bonds. The monoisotopic (exact) mass is 377 g/mol. The van der Waals surface area contributed by atoms with Crippen molar-refractivity contribution in [1.82, 2.24) is 9.80 Å². The summed E-state index contributed by atoms with van der Waals surface area (Å²) in [5.41, 5.74) is 3.34. The van der Waals surface area contributed by atoms with Gasteiger partial charge in [0.2, 0.25) is 0 Å². The molecule has 0 spiro atoms. The Hall–Kier alpha value is -3.15. The van der Waals surface area contributed by atoms with Crippen LogP contribution in [0.2, 0.25) is 0 Å². The maximum absolute atomic E-state index is 13.0. The summed E-state index contributed by atoms with van der Waals surface area (Å²) in [6.07, 6.45) is 2.39. The molecule has 0 atom stereocenters. The molecular weight excluding hydrogens is 354 g/mol. The lowest BCUT2D eigenvalue weighted by Crippen LogP contribution is -2.28. The zero-order valence-corrected chi connectivity index (χ0v) is 16.1. The van der Waals surface area contributed by atoms with Gasteiger partial charge in [0.25, 0.3) is 17.7 Å². The maximum atomic E-state index is 13.0. The number of nitrogens with zero attached hydrogens (tertiary/aromatic N) is 3. The number of carbonyl (C=O) groups excluding carboxylic acids is 3. The third-order valence-corrected chi connectivity index (χ3v) is 5.53. The van der Waals surface area contributed by atoms with E-state index in [-0.39, 0.29) is 17.7 Å². The van der Waals surface area contributed by atoms with Crippen molar-refractivity contribution in [3.05, 3.63) is 64.7 Å². The van der Waals surface area contributed by atoms with Gasteiger partial charge in [-0.3, -0.25) is 19.3 Å². The third kappa shape index (κ3) is 3.05. The maximum Gasteiger partial charge on any atom is 0.261 e. The highest BCUT2D eigenvalue weighted by molar-refractivity contribution is 6.21. The van der Waals surface area contributed by atoms with Crippen LogP contribution in [0.1, 0.15) is 49.5 Å². The van der Waals surface area contributed by atoms with E-state index in [1.807, 2.05) is 12.1 Å². The van der Waals surface area contributed by atoms with E-state index in [0.29, 0.717) is 23.2 Å². The number of imide groups is 1. The number of carbonyl (C=O) groups is 3. The molecule has 2 aromatic rings. The van der Waals surface area contributed by atoms with Gasteiger partial charge in [0.1, 0.15) is 0 Å². The van der Waals surface area contributed by atoms with E-state index in [1.165, 1.54) is 31.6 Å². The van der Waals surface area contributed by atoms with Crippen LogP contribution in [0.4, 0.5) is 5.69 Å². The second-order valence-electron chi connectivity index (χ2n) is 7.41. The summed E-state index contributed by atoms with van der Waals surface area (Å²) in [6, 6.07) is 12.9. The summed E-state index contributed by atoms with van der Waals surface area (Å²) in [5.74, 6) is -0.864. The molecule has 0 radical (unpaired) electrons. The summed E-state index contributed by atoms with van der Waals surface area (Å²) >= 11 is 0. The first-order valence-corrected chi connectivity index (χ1v) is 9.52. The van der Waals surface area contributed by atoms with Crippen molar-refractivity contribution < 1.29 is 14.4 Å². The number of para-hydroxylation sites is 1. The Kier molecular flexibility index (Phi) is 4.63. The Labute approximate surface area is 164 Å². The normalized spacial score (nSPS) is 15.9. The lowest BCUT2D eigenvalue weighted by Gasteiger charge is -2.24. The van der Waals surface area contributed by atoms with Gasteiger partial charge in [0.05, 0.1) is 11.1 Å². The van der Waals surface area contributed by atoms with Gasteiger partial charge in [-0.05, 0) is 42.7 Å². The van der Waals surface area contributed by atoms with Gasteiger partial charge in [0.15, 0.2) is 0 Å². The van der Waals surface area contributed by atoms with Gasteiger partial charge in [0, 0.05) is 45.0 Å². The Bertz CT molecular complexity index is 963. The minimum Gasteiger partial charge on any atom is -0.371 e. The average Bonchev–Trinajstić information content (AvgIpc) is 3.32. The Balaban J connectivity index is 1.56. The highest BCUT2D eigenvalue weighted by Crippen LogP contribution is 2.27. The van der Waals surface area contributed by atoms with E-state index in [1.54, 1.807) is 24.1 Å². The first-order valence-electron chi connectivity index (χ1n) is 9.52. The molecule has 6 heteroatoms. The minimum absolute atomic E-state index is 0.172. The van der Waals surface area contributed by atoms with Crippen LogP contribution in [0.5, 0.6) is 0 Å². The molecule has 2 heterocycles. The Morgan fingerprint density at radius 3 is 2.43 bits per heavy atom. The van der Waals surface area contributed by atoms with E-state index >= 15 is 0 Å². The number of anilines is 1. The molecule has 0 saturated carbocycles. The van der Waals surface area contributed by atoms with E-state index in [2.05, 4.69) is 17.0 Å². The van der Waals surface area contributed by atoms with Crippen LogP contribution in [0.25, 0.3) is 0 Å². The zero-order valence-electron chi connectivity index (χ0n) is 16.1. The molecule has 0 bridgehead atoms. The standard InChI is InChI=1S/C22H23N3O3/c1-23(14-16-7-3-4-8-19(16)25-11-5-6-12-25)20(26)15-9-10-17-18(13-15)22(28)24(2)21(17)27/h3-4,7-10,13H,5-6,11-12,14H2,1-2H3. The molecule has 0 aromatic heterocycles. The fourth-order valence-corrected chi connectivity index (χ4v) is 3.95.